The maximum Gasteiger partial charge on any atom is 0.300 e. The van der Waals surface area contributed by atoms with Gasteiger partial charge in [0.15, 0.2) is 5.82 Å². The maximum absolute atomic E-state index is 12.8. The van der Waals surface area contributed by atoms with Crippen LogP contribution in [0.2, 0.25) is 0 Å². The van der Waals surface area contributed by atoms with E-state index < -0.39 is 5.91 Å². The Hall–Kier alpha value is -6.06. The van der Waals surface area contributed by atoms with Crippen molar-refractivity contribution in [2.24, 2.45) is 4.99 Å². The highest BCUT2D eigenvalue weighted by molar-refractivity contribution is 7.15. The van der Waals surface area contributed by atoms with Crippen LogP contribution < -0.4 is 20.9 Å². The Morgan fingerprint density at radius 3 is 2.43 bits per heavy atom. The number of thiophene rings is 1. The molecular formula is C41H40N8O3S. The summed E-state index contributed by atoms with van der Waals surface area (Å²) in [4.78, 5) is 46.1. The standard InChI is InChI=1S/C41H40N8O3S/c1-6-37(51)48-24(2)22-33(32-10-7-8-11-34(32)48)44-30-19-15-29(16-20-30)40(52)42-21-9-12-36(50)45-31-17-13-28(14-18-31)39-38-25(3)26(4)53-41(38)49-27(5)46-47-35(49)23-43-39/h7-8,10-11,13-20,24,33,44H,6,21-23H2,1-5H3,(H,42,52)(H,45,50)/t24-,33+/m0/s1. The molecule has 0 spiro atoms. The third-order valence-corrected chi connectivity index (χ3v) is 10.9. The van der Waals surface area contributed by atoms with E-state index in [9.17, 15) is 14.4 Å². The van der Waals surface area contributed by atoms with Crippen LogP contribution in [0.4, 0.5) is 17.1 Å². The molecule has 5 aromatic rings. The molecule has 0 radical (unpaired) electrons. The number of hydrogen-bond donors (Lipinski definition) is 3. The number of aromatic nitrogens is 3. The second kappa shape index (κ2) is 14.9. The number of rotatable bonds is 7. The third kappa shape index (κ3) is 7.08. The molecule has 0 saturated carbocycles. The highest BCUT2D eigenvalue weighted by Gasteiger charge is 2.33. The lowest BCUT2D eigenvalue weighted by Gasteiger charge is -2.40. The zero-order chi connectivity index (χ0) is 37.2. The second-order valence-electron chi connectivity index (χ2n) is 13.2. The first-order valence-electron chi connectivity index (χ1n) is 17.6. The van der Waals surface area contributed by atoms with Crippen LogP contribution in [0.3, 0.4) is 0 Å². The van der Waals surface area contributed by atoms with Gasteiger partial charge in [-0.25, -0.2) is 0 Å². The molecule has 2 aliphatic heterocycles. The maximum atomic E-state index is 12.8. The molecule has 2 aromatic heterocycles. The van der Waals surface area contributed by atoms with Crippen LogP contribution in [-0.2, 0) is 16.1 Å². The van der Waals surface area contributed by atoms with Crippen LogP contribution in [-0.4, -0.2) is 50.8 Å². The van der Waals surface area contributed by atoms with Crippen molar-refractivity contribution in [1.82, 2.24) is 20.1 Å². The van der Waals surface area contributed by atoms with Gasteiger partial charge >= 0.3 is 0 Å². The van der Waals surface area contributed by atoms with Gasteiger partial charge < -0.3 is 20.9 Å². The van der Waals surface area contributed by atoms with Crippen LogP contribution >= 0.6 is 11.3 Å². The number of nitrogens with zero attached hydrogens (tertiary/aromatic N) is 5. The van der Waals surface area contributed by atoms with Crippen LogP contribution in [0.15, 0.2) is 77.8 Å². The minimum absolute atomic E-state index is 0.0168. The zero-order valence-electron chi connectivity index (χ0n) is 30.3. The van der Waals surface area contributed by atoms with E-state index in [1.807, 2.05) is 73.3 Å². The van der Waals surface area contributed by atoms with Crippen LogP contribution in [0.1, 0.15) is 81.9 Å². The van der Waals surface area contributed by atoms with E-state index in [0.717, 1.165) is 56.8 Å². The topological polar surface area (TPSA) is 134 Å². The number of carbonyl (C=O) groups is 3. The number of benzene rings is 3. The van der Waals surface area contributed by atoms with Crippen molar-refractivity contribution in [3.05, 3.63) is 117 Å². The summed E-state index contributed by atoms with van der Waals surface area (Å²) in [5.74, 6) is 6.27. The lowest BCUT2D eigenvalue weighted by atomic mass is 9.91. The molecule has 3 amide bonds. The molecule has 2 aliphatic rings. The zero-order valence-corrected chi connectivity index (χ0v) is 31.1. The minimum Gasteiger partial charge on any atom is -0.378 e. The van der Waals surface area contributed by atoms with Gasteiger partial charge in [0.1, 0.15) is 17.4 Å². The van der Waals surface area contributed by atoms with Crippen molar-refractivity contribution in [1.29, 1.82) is 0 Å². The molecule has 0 fully saturated rings. The Morgan fingerprint density at radius 1 is 0.943 bits per heavy atom. The molecule has 268 valence electrons. The van der Waals surface area contributed by atoms with E-state index in [4.69, 9.17) is 4.99 Å². The summed E-state index contributed by atoms with van der Waals surface area (Å²) in [5.41, 5.74) is 8.03. The first-order chi connectivity index (χ1) is 25.6. The number of anilines is 3. The highest BCUT2D eigenvalue weighted by atomic mass is 32.1. The molecule has 3 N–H and O–H groups in total. The van der Waals surface area contributed by atoms with Crippen molar-refractivity contribution < 1.29 is 14.4 Å². The molecule has 12 heteroatoms. The van der Waals surface area contributed by atoms with Gasteiger partial charge in [-0.05, 0) is 93.6 Å². The number of para-hydroxylation sites is 1. The van der Waals surface area contributed by atoms with E-state index in [0.29, 0.717) is 24.2 Å². The number of hydrogen-bond acceptors (Lipinski definition) is 8. The summed E-state index contributed by atoms with van der Waals surface area (Å²) >= 11 is 1.71. The number of aryl methyl sites for hydroxylation is 2. The first-order valence-corrected chi connectivity index (χ1v) is 18.5. The van der Waals surface area contributed by atoms with Crippen molar-refractivity contribution in [2.75, 3.05) is 22.1 Å². The molecule has 11 nitrogen and oxygen atoms in total. The normalized spacial score (nSPS) is 15.8. The van der Waals surface area contributed by atoms with E-state index in [1.54, 1.807) is 23.5 Å². The summed E-state index contributed by atoms with van der Waals surface area (Å²) in [7, 11) is 0. The van der Waals surface area contributed by atoms with Crippen molar-refractivity contribution in [3.63, 3.8) is 0 Å². The second-order valence-corrected chi connectivity index (χ2v) is 14.4. The summed E-state index contributed by atoms with van der Waals surface area (Å²) in [5, 5.41) is 18.8. The molecule has 0 bridgehead atoms. The molecule has 53 heavy (non-hydrogen) atoms. The minimum atomic E-state index is -0.477. The smallest absolute Gasteiger partial charge is 0.300 e. The lowest BCUT2D eigenvalue weighted by molar-refractivity contribution is -0.118. The predicted molar refractivity (Wildman–Crippen MR) is 209 cm³/mol. The monoisotopic (exact) mass is 724 g/mol. The van der Waals surface area contributed by atoms with Gasteiger partial charge in [-0.15, -0.1) is 21.5 Å². The van der Waals surface area contributed by atoms with Crippen LogP contribution in [0, 0.1) is 32.6 Å². The Bertz CT molecular complexity index is 2310. The van der Waals surface area contributed by atoms with Gasteiger partial charge in [-0.3, -0.25) is 23.9 Å². The van der Waals surface area contributed by atoms with Gasteiger partial charge in [-0.1, -0.05) is 43.2 Å². The molecule has 4 heterocycles. The lowest BCUT2D eigenvalue weighted by Crippen LogP contribution is -2.44. The molecule has 0 saturated heterocycles. The number of nitrogens with one attached hydrogen (secondary N) is 3. The van der Waals surface area contributed by atoms with Gasteiger partial charge in [-0.2, -0.15) is 0 Å². The molecule has 0 unspecified atom stereocenters. The summed E-state index contributed by atoms with van der Waals surface area (Å²) in [6, 6.07) is 22.9. The van der Waals surface area contributed by atoms with Crippen molar-refractivity contribution in [2.45, 2.75) is 66.1 Å². The Balaban J connectivity index is 0.928. The fourth-order valence-electron chi connectivity index (χ4n) is 6.93. The number of aliphatic imine (C=N–C) groups is 1. The average molecular weight is 725 g/mol. The summed E-state index contributed by atoms with van der Waals surface area (Å²) in [6.45, 7) is 10.6. The van der Waals surface area contributed by atoms with E-state index in [2.05, 4.69) is 69.4 Å². The molecule has 2 atom stereocenters. The molecule has 3 aromatic carbocycles. The quantitative estimate of drug-likeness (QED) is 0.161. The van der Waals surface area contributed by atoms with Gasteiger partial charge in [0.2, 0.25) is 5.91 Å². The van der Waals surface area contributed by atoms with E-state index in [-0.39, 0.29) is 30.4 Å². The third-order valence-electron chi connectivity index (χ3n) is 9.68. The largest absolute Gasteiger partial charge is 0.378 e. The van der Waals surface area contributed by atoms with Crippen molar-refractivity contribution >= 4 is 51.8 Å². The molecular weight excluding hydrogens is 685 g/mol. The molecule has 0 aliphatic carbocycles. The fraction of sp³-hybridized carbons (Fsp3) is 0.268. The SMILES string of the molecule is CCC(=O)N1c2ccccc2[C@H](Nc2ccc(C(=O)NCC#CC(=O)Nc3ccc(C4=NCc5nnc(C)n5-c5sc(C)c(C)c54)cc3)cc2)C[C@@H]1C. The van der Waals surface area contributed by atoms with E-state index >= 15 is 0 Å². The Kier molecular flexibility index (Phi) is 9.93. The average Bonchev–Trinajstić information content (AvgIpc) is 3.61. The first kappa shape index (κ1) is 35.3. The fourth-order valence-corrected chi connectivity index (χ4v) is 8.15. The highest BCUT2D eigenvalue weighted by Crippen LogP contribution is 2.39. The van der Waals surface area contributed by atoms with E-state index in [1.165, 1.54) is 10.4 Å². The van der Waals surface area contributed by atoms with Gasteiger partial charge in [0, 0.05) is 51.1 Å². The number of fused-ring (bicyclic) bond motifs is 4. The van der Waals surface area contributed by atoms with Crippen molar-refractivity contribution in [3.8, 4) is 16.8 Å². The summed E-state index contributed by atoms with van der Waals surface area (Å²) < 4.78 is 2.09. The van der Waals surface area contributed by atoms with Crippen LogP contribution in [0.25, 0.3) is 5.00 Å². The molecule has 7 rings (SSSR count). The summed E-state index contributed by atoms with van der Waals surface area (Å²) in [6.07, 6.45) is 1.22. The Labute approximate surface area is 312 Å². The number of amides is 3. The van der Waals surface area contributed by atoms with Gasteiger partial charge in [0.05, 0.1) is 18.3 Å². The number of carbonyl (C=O) groups excluding carboxylic acids is 3. The predicted octanol–water partition coefficient (Wildman–Crippen LogP) is 6.67. The van der Waals surface area contributed by atoms with Crippen LogP contribution in [0.5, 0.6) is 0 Å². The van der Waals surface area contributed by atoms with Gasteiger partial charge in [0.25, 0.3) is 11.8 Å². The Morgan fingerprint density at radius 2 is 1.68 bits per heavy atom.